The minimum absolute atomic E-state index is 0.00812. The van der Waals surface area contributed by atoms with Crippen molar-refractivity contribution in [3.05, 3.63) is 24.3 Å². The number of nitrogens with two attached hydrogens (primary N) is 1. The van der Waals surface area contributed by atoms with Crippen LogP contribution in [-0.4, -0.2) is 43.2 Å². The molecule has 20 heavy (non-hydrogen) atoms. The number of rotatable bonds is 5. The predicted molar refractivity (Wildman–Crippen MR) is 76.9 cm³/mol. The molecule has 0 aliphatic carbocycles. The summed E-state index contributed by atoms with van der Waals surface area (Å²) in [5.74, 6) is 1.43. The summed E-state index contributed by atoms with van der Waals surface area (Å²) in [5.41, 5.74) is 5.70. The van der Waals surface area contributed by atoms with E-state index in [2.05, 4.69) is 0 Å². The zero-order valence-electron chi connectivity index (χ0n) is 12.0. The van der Waals surface area contributed by atoms with Crippen LogP contribution in [0.5, 0.6) is 11.5 Å². The molecule has 0 aromatic heterocycles. The van der Waals surface area contributed by atoms with Gasteiger partial charge in [0.05, 0.1) is 7.11 Å². The van der Waals surface area contributed by atoms with Gasteiger partial charge in [0.15, 0.2) is 6.10 Å². The lowest BCUT2D eigenvalue weighted by Crippen LogP contribution is -2.45. The van der Waals surface area contributed by atoms with Crippen LogP contribution in [-0.2, 0) is 4.79 Å². The number of methoxy groups -OCH3 is 1. The van der Waals surface area contributed by atoms with Gasteiger partial charge < -0.3 is 20.1 Å². The summed E-state index contributed by atoms with van der Waals surface area (Å²) in [4.78, 5) is 14.2. The zero-order valence-corrected chi connectivity index (χ0v) is 12.0. The van der Waals surface area contributed by atoms with E-state index in [0.717, 1.165) is 25.1 Å². The van der Waals surface area contributed by atoms with Crippen LogP contribution < -0.4 is 15.2 Å². The molecule has 1 aliphatic rings. The molecule has 1 aromatic carbocycles. The van der Waals surface area contributed by atoms with E-state index in [-0.39, 0.29) is 11.9 Å². The molecule has 2 rings (SSSR count). The molecule has 2 atom stereocenters. The van der Waals surface area contributed by atoms with Crippen molar-refractivity contribution in [1.82, 2.24) is 4.90 Å². The summed E-state index contributed by atoms with van der Waals surface area (Å²) in [5, 5.41) is 0. The third kappa shape index (κ3) is 3.22. The highest BCUT2D eigenvalue weighted by atomic mass is 16.5. The molecule has 1 fully saturated rings. The Balaban J connectivity index is 1.96. The Morgan fingerprint density at radius 3 is 2.65 bits per heavy atom. The van der Waals surface area contributed by atoms with Crippen LogP contribution in [0, 0.1) is 0 Å². The molecule has 0 radical (unpaired) electrons. The number of nitrogens with zero attached hydrogens (tertiary/aromatic N) is 1. The molecule has 110 valence electrons. The van der Waals surface area contributed by atoms with Crippen LogP contribution >= 0.6 is 0 Å². The molecule has 1 heterocycles. The fourth-order valence-corrected chi connectivity index (χ4v) is 2.51. The van der Waals surface area contributed by atoms with Crippen molar-refractivity contribution in [2.45, 2.75) is 31.9 Å². The molecule has 5 heteroatoms. The van der Waals surface area contributed by atoms with Crippen molar-refractivity contribution < 1.29 is 14.3 Å². The molecule has 5 nitrogen and oxygen atoms in total. The Morgan fingerprint density at radius 1 is 1.40 bits per heavy atom. The molecule has 2 unspecified atom stereocenters. The molecule has 0 saturated carbocycles. The van der Waals surface area contributed by atoms with Gasteiger partial charge in [0.2, 0.25) is 0 Å². The molecular weight excluding hydrogens is 256 g/mol. The molecule has 1 aliphatic heterocycles. The first-order valence-corrected chi connectivity index (χ1v) is 6.97. The standard InChI is InChI=1S/C15H22N2O3/c1-11(15(18)17-9-3-4-12(17)10-16)20-14-7-5-13(19-2)6-8-14/h5-8,11-12H,3-4,9-10,16H2,1-2H3. The smallest absolute Gasteiger partial charge is 0.263 e. The van der Waals surface area contributed by atoms with Gasteiger partial charge in [-0.3, -0.25) is 4.79 Å². The lowest BCUT2D eigenvalue weighted by molar-refractivity contribution is -0.138. The van der Waals surface area contributed by atoms with Crippen LogP contribution in [0.15, 0.2) is 24.3 Å². The number of hydrogen-bond acceptors (Lipinski definition) is 4. The minimum atomic E-state index is -0.504. The maximum absolute atomic E-state index is 12.4. The molecule has 1 aromatic rings. The van der Waals surface area contributed by atoms with E-state index in [0.29, 0.717) is 12.3 Å². The maximum atomic E-state index is 12.4. The summed E-state index contributed by atoms with van der Waals surface area (Å²) < 4.78 is 10.8. The second-order valence-electron chi connectivity index (χ2n) is 5.00. The Labute approximate surface area is 119 Å². The van der Waals surface area contributed by atoms with Gasteiger partial charge in [-0.1, -0.05) is 0 Å². The molecular formula is C15H22N2O3. The Morgan fingerprint density at radius 2 is 2.05 bits per heavy atom. The number of carbonyl (C=O) groups is 1. The second kappa shape index (κ2) is 6.61. The van der Waals surface area contributed by atoms with E-state index in [1.54, 1.807) is 26.2 Å². The number of amides is 1. The largest absolute Gasteiger partial charge is 0.497 e. The minimum Gasteiger partial charge on any atom is -0.497 e. The number of benzene rings is 1. The number of likely N-dealkylation sites (tertiary alicyclic amines) is 1. The van der Waals surface area contributed by atoms with Gasteiger partial charge in [0.1, 0.15) is 11.5 Å². The fraction of sp³-hybridized carbons (Fsp3) is 0.533. The fourth-order valence-electron chi connectivity index (χ4n) is 2.51. The van der Waals surface area contributed by atoms with Crippen molar-refractivity contribution in [1.29, 1.82) is 0 Å². The average Bonchev–Trinajstić information content (AvgIpc) is 2.95. The lowest BCUT2D eigenvalue weighted by Gasteiger charge is -2.26. The van der Waals surface area contributed by atoms with Crippen molar-refractivity contribution >= 4 is 5.91 Å². The van der Waals surface area contributed by atoms with Gasteiger partial charge in [-0.05, 0) is 44.0 Å². The van der Waals surface area contributed by atoms with Gasteiger partial charge in [0, 0.05) is 19.1 Å². The van der Waals surface area contributed by atoms with Crippen molar-refractivity contribution in [2.24, 2.45) is 5.73 Å². The number of carbonyl (C=O) groups excluding carboxylic acids is 1. The summed E-state index contributed by atoms with van der Waals surface area (Å²) >= 11 is 0. The highest BCUT2D eigenvalue weighted by molar-refractivity contribution is 5.81. The number of hydrogen-bond donors (Lipinski definition) is 1. The van der Waals surface area contributed by atoms with E-state index < -0.39 is 6.10 Å². The quantitative estimate of drug-likeness (QED) is 0.884. The van der Waals surface area contributed by atoms with Crippen molar-refractivity contribution in [2.75, 3.05) is 20.2 Å². The number of ether oxygens (including phenoxy) is 2. The average molecular weight is 278 g/mol. The van der Waals surface area contributed by atoms with Crippen LogP contribution in [0.2, 0.25) is 0 Å². The molecule has 1 amide bonds. The maximum Gasteiger partial charge on any atom is 0.263 e. The Hall–Kier alpha value is -1.75. The Kier molecular flexibility index (Phi) is 4.84. The van der Waals surface area contributed by atoms with E-state index in [1.165, 1.54) is 0 Å². The molecule has 0 bridgehead atoms. The summed E-state index contributed by atoms with van der Waals surface area (Å²) in [6.07, 6.45) is 1.50. The topological polar surface area (TPSA) is 64.8 Å². The highest BCUT2D eigenvalue weighted by Crippen LogP contribution is 2.21. The third-order valence-electron chi connectivity index (χ3n) is 3.65. The lowest BCUT2D eigenvalue weighted by atomic mass is 10.2. The SMILES string of the molecule is COc1ccc(OC(C)C(=O)N2CCCC2CN)cc1. The van der Waals surface area contributed by atoms with Crippen LogP contribution in [0.4, 0.5) is 0 Å². The summed E-state index contributed by atoms with van der Waals surface area (Å²) in [7, 11) is 1.61. The van der Waals surface area contributed by atoms with E-state index in [9.17, 15) is 4.79 Å². The van der Waals surface area contributed by atoms with Gasteiger partial charge in [-0.2, -0.15) is 0 Å². The first-order valence-electron chi connectivity index (χ1n) is 6.97. The highest BCUT2D eigenvalue weighted by Gasteiger charge is 2.31. The molecule has 2 N–H and O–H groups in total. The Bertz CT molecular complexity index is 447. The first kappa shape index (κ1) is 14.7. The van der Waals surface area contributed by atoms with Gasteiger partial charge in [-0.15, -0.1) is 0 Å². The van der Waals surface area contributed by atoms with E-state index in [1.807, 2.05) is 17.0 Å². The predicted octanol–water partition coefficient (Wildman–Crippen LogP) is 1.41. The van der Waals surface area contributed by atoms with Gasteiger partial charge in [-0.25, -0.2) is 0 Å². The van der Waals surface area contributed by atoms with Gasteiger partial charge in [0.25, 0.3) is 5.91 Å². The molecule has 1 saturated heterocycles. The monoisotopic (exact) mass is 278 g/mol. The summed E-state index contributed by atoms with van der Waals surface area (Å²) in [6, 6.07) is 7.38. The first-order chi connectivity index (χ1) is 9.65. The summed E-state index contributed by atoms with van der Waals surface area (Å²) in [6.45, 7) is 3.07. The van der Waals surface area contributed by atoms with Crippen molar-refractivity contribution in [3.8, 4) is 11.5 Å². The van der Waals surface area contributed by atoms with Crippen molar-refractivity contribution in [3.63, 3.8) is 0 Å². The second-order valence-corrected chi connectivity index (χ2v) is 5.00. The third-order valence-corrected chi connectivity index (χ3v) is 3.65. The normalized spacial score (nSPS) is 19.8. The van der Waals surface area contributed by atoms with Gasteiger partial charge >= 0.3 is 0 Å². The van der Waals surface area contributed by atoms with Crippen LogP contribution in [0.1, 0.15) is 19.8 Å². The van der Waals surface area contributed by atoms with Crippen LogP contribution in [0.25, 0.3) is 0 Å². The van der Waals surface area contributed by atoms with E-state index >= 15 is 0 Å². The van der Waals surface area contributed by atoms with Crippen LogP contribution in [0.3, 0.4) is 0 Å². The zero-order chi connectivity index (χ0) is 14.5. The molecule has 0 spiro atoms. The van der Waals surface area contributed by atoms with E-state index in [4.69, 9.17) is 15.2 Å².